The minimum Gasteiger partial charge on any atom is -0.497 e. The van der Waals surface area contributed by atoms with Crippen molar-refractivity contribution in [2.75, 3.05) is 16.9 Å². The number of aliphatic hydroxyl groups is 1. The van der Waals surface area contributed by atoms with Gasteiger partial charge >= 0.3 is 0 Å². The molecular weight excluding hydrogens is 901 g/mol. The molecule has 0 bridgehead atoms. The lowest BCUT2D eigenvalue weighted by Crippen LogP contribution is -2.10. The smallest absolute Gasteiger partial charge is 0.118 e. The molecule has 0 aliphatic rings. The third-order valence-corrected chi connectivity index (χ3v) is 13.0. The highest BCUT2D eigenvalue weighted by atomic mass is 16.5. The van der Waals surface area contributed by atoms with Crippen molar-refractivity contribution < 1.29 is 9.84 Å². The van der Waals surface area contributed by atoms with Crippen LogP contribution in [0.1, 0.15) is 38.9 Å². The molecule has 0 aromatic heterocycles. The van der Waals surface area contributed by atoms with Crippen LogP contribution in [-0.4, -0.2) is 12.2 Å². The summed E-state index contributed by atoms with van der Waals surface area (Å²) in [6.07, 6.45) is 12.9. The largest absolute Gasteiger partial charge is 0.497 e. The summed E-state index contributed by atoms with van der Waals surface area (Å²) in [7, 11) is 1.69. The summed E-state index contributed by atoms with van der Waals surface area (Å²) in [6.45, 7) is 0.0267. The monoisotopic (exact) mass is 956 g/mol. The molecule has 0 atom stereocenters. The van der Waals surface area contributed by atoms with Gasteiger partial charge in [-0.3, -0.25) is 0 Å². The van der Waals surface area contributed by atoms with Gasteiger partial charge < -0.3 is 19.6 Å². The molecule has 0 heterocycles. The fraction of sp³-hybridized carbons (Fsp3) is 0.0286. The van der Waals surface area contributed by atoms with Crippen LogP contribution >= 0.6 is 0 Å². The topological polar surface area (TPSA) is 35.9 Å². The molecule has 0 amide bonds. The number of methoxy groups -OCH3 is 1. The molecule has 0 saturated carbocycles. The van der Waals surface area contributed by atoms with E-state index in [0.29, 0.717) is 0 Å². The van der Waals surface area contributed by atoms with Crippen LogP contribution in [0.15, 0.2) is 291 Å². The van der Waals surface area contributed by atoms with Crippen LogP contribution in [0.2, 0.25) is 0 Å². The fourth-order valence-corrected chi connectivity index (χ4v) is 9.15. The number of aliphatic hydroxyl groups excluding tert-OH is 1. The lowest BCUT2D eigenvalue weighted by Gasteiger charge is -2.26. The Balaban J connectivity index is 0.866. The zero-order valence-corrected chi connectivity index (χ0v) is 41.3. The van der Waals surface area contributed by atoms with E-state index in [-0.39, 0.29) is 6.61 Å². The Hall–Kier alpha value is -9.48. The van der Waals surface area contributed by atoms with E-state index in [9.17, 15) is 5.11 Å². The fourth-order valence-electron chi connectivity index (χ4n) is 9.15. The van der Waals surface area contributed by atoms with Gasteiger partial charge in [0.1, 0.15) is 5.75 Å². The molecule has 0 spiro atoms. The average molecular weight is 957 g/mol. The summed E-state index contributed by atoms with van der Waals surface area (Å²) < 4.78 is 5.42. The molecule has 0 saturated heterocycles. The highest BCUT2D eigenvalue weighted by molar-refractivity contribution is 5.84. The number of benzene rings is 10. The third-order valence-electron chi connectivity index (χ3n) is 13.0. The predicted octanol–water partition coefficient (Wildman–Crippen LogP) is 18.1. The lowest BCUT2D eigenvalue weighted by atomic mass is 9.96. The number of allylic oxidation sites excluding steroid dienone is 4. The summed E-state index contributed by atoms with van der Waals surface area (Å²) >= 11 is 0. The molecule has 4 heteroatoms. The maximum Gasteiger partial charge on any atom is 0.118 e. The van der Waals surface area contributed by atoms with E-state index < -0.39 is 0 Å². The van der Waals surface area contributed by atoms with Crippen LogP contribution in [0, 0.1) is 0 Å². The number of anilines is 6. The van der Waals surface area contributed by atoms with Crippen molar-refractivity contribution in [1.29, 1.82) is 0 Å². The first-order valence-corrected chi connectivity index (χ1v) is 24.9. The van der Waals surface area contributed by atoms with Gasteiger partial charge in [-0.15, -0.1) is 0 Å². The van der Waals surface area contributed by atoms with Gasteiger partial charge in [-0.1, -0.05) is 218 Å². The molecule has 74 heavy (non-hydrogen) atoms. The Bertz CT molecular complexity index is 3240. The maximum absolute atomic E-state index is 9.60. The van der Waals surface area contributed by atoms with E-state index in [1.165, 1.54) is 0 Å². The van der Waals surface area contributed by atoms with Crippen molar-refractivity contribution in [3.8, 4) is 16.9 Å². The predicted molar refractivity (Wildman–Crippen MR) is 312 cm³/mol. The Morgan fingerprint density at radius 2 is 0.662 bits per heavy atom. The Kier molecular flexibility index (Phi) is 15.4. The Morgan fingerprint density at radius 3 is 1.01 bits per heavy atom. The van der Waals surface area contributed by atoms with Gasteiger partial charge in [0.2, 0.25) is 0 Å². The van der Waals surface area contributed by atoms with Crippen LogP contribution in [0.4, 0.5) is 34.1 Å². The van der Waals surface area contributed by atoms with Crippen molar-refractivity contribution in [2.24, 2.45) is 0 Å². The number of para-hydroxylation sites is 2. The lowest BCUT2D eigenvalue weighted by molar-refractivity contribution is 0.282. The first-order valence-electron chi connectivity index (χ1n) is 24.9. The maximum atomic E-state index is 9.60. The van der Waals surface area contributed by atoms with Gasteiger partial charge in [0.05, 0.1) is 13.7 Å². The number of nitrogens with zero attached hydrogens (tertiary/aromatic N) is 2. The van der Waals surface area contributed by atoms with E-state index in [1.807, 2.05) is 36.4 Å². The first kappa shape index (κ1) is 48.2. The van der Waals surface area contributed by atoms with Crippen molar-refractivity contribution in [1.82, 2.24) is 0 Å². The summed E-state index contributed by atoms with van der Waals surface area (Å²) in [5.41, 5.74) is 18.6. The molecule has 0 unspecified atom stereocenters. The van der Waals surface area contributed by atoms with Crippen LogP contribution in [0.3, 0.4) is 0 Å². The first-order chi connectivity index (χ1) is 36.6. The van der Waals surface area contributed by atoms with Gasteiger partial charge in [0.25, 0.3) is 0 Å². The zero-order valence-electron chi connectivity index (χ0n) is 41.3. The normalized spacial score (nSPS) is 11.8. The van der Waals surface area contributed by atoms with E-state index in [4.69, 9.17) is 4.74 Å². The molecule has 358 valence electrons. The summed E-state index contributed by atoms with van der Waals surface area (Å²) in [6, 6.07) is 93.3. The van der Waals surface area contributed by atoms with Gasteiger partial charge in [-0.25, -0.2) is 0 Å². The molecule has 0 aliphatic heterocycles. The molecule has 1 N–H and O–H groups in total. The SMILES string of the molecule is COc1ccc(/C(=C/C=C/c2ccc(N(c3ccccc3)c3ccc(-c4ccc(N(c5ccccc5)c5ccc(/C=C/C=C(\c6ccccc6)c6ccc(CO)cc6)cc5)cc4)cc3)cc2)c2ccccc2)cc1. The molecular formula is C70H56N2O2. The standard InChI is InChI=1S/C70H56N2O2/c1-74-68-50-40-61(41-51-68)70(59-20-8-3-9-21-59)27-15-17-54-32-44-65(45-33-54)72(63-24-12-5-13-25-63)67-48-38-57(39-49-67)56-36-46-66(47-37-56)71(62-22-10-4-11-23-62)64-42-30-53(31-43-64)16-14-26-69(58-18-6-2-7-19-58)60-34-28-55(52-73)29-35-60/h2-51,73H,52H2,1H3/b16-14+,17-15+,69-26+,70-27+. The van der Waals surface area contributed by atoms with Gasteiger partial charge in [0.15, 0.2) is 0 Å². The van der Waals surface area contributed by atoms with E-state index in [0.717, 1.165) is 101 Å². The highest BCUT2D eigenvalue weighted by Gasteiger charge is 2.15. The minimum absolute atomic E-state index is 0.0267. The van der Waals surface area contributed by atoms with Crippen molar-refractivity contribution in [3.05, 3.63) is 330 Å². The molecule has 0 fully saturated rings. The summed E-state index contributed by atoms with van der Waals surface area (Å²) in [5.74, 6) is 0.838. The van der Waals surface area contributed by atoms with Gasteiger partial charge in [-0.05, 0) is 146 Å². The second kappa shape index (κ2) is 23.6. The molecule has 0 radical (unpaired) electrons. The van der Waals surface area contributed by atoms with E-state index in [1.54, 1.807) is 7.11 Å². The van der Waals surface area contributed by atoms with Crippen LogP contribution in [0.25, 0.3) is 34.4 Å². The Morgan fingerprint density at radius 1 is 0.351 bits per heavy atom. The second-order valence-corrected chi connectivity index (χ2v) is 17.8. The van der Waals surface area contributed by atoms with E-state index >= 15 is 0 Å². The van der Waals surface area contributed by atoms with Crippen molar-refractivity contribution >= 4 is 57.4 Å². The number of ether oxygens (including phenoxy) is 1. The zero-order chi connectivity index (χ0) is 50.3. The number of hydrogen-bond acceptors (Lipinski definition) is 4. The van der Waals surface area contributed by atoms with Gasteiger partial charge in [-0.2, -0.15) is 0 Å². The quantitative estimate of drug-likeness (QED) is 0.0923. The molecule has 10 aromatic rings. The minimum atomic E-state index is 0.0267. The highest BCUT2D eigenvalue weighted by Crippen LogP contribution is 2.38. The van der Waals surface area contributed by atoms with Crippen molar-refractivity contribution in [3.63, 3.8) is 0 Å². The van der Waals surface area contributed by atoms with E-state index in [2.05, 4.69) is 277 Å². The summed E-state index contributed by atoms with van der Waals surface area (Å²) in [5, 5.41) is 9.60. The number of rotatable bonds is 17. The molecule has 0 aliphatic carbocycles. The van der Waals surface area contributed by atoms with Crippen LogP contribution in [0.5, 0.6) is 5.75 Å². The summed E-state index contributed by atoms with van der Waals surface area (Å²) in [4.78, 5) is 4.60. The molecule has 10 rings (SSSR count). The average Bonchev–Trinajstić information content (AvgIpc) is 3.48. The third kappa shape index (κ3) is 11.6. The Labute approximate surface area is 435 Å². The number of hydrogen-bond donors (Lipinski definition) is 1. The van der Waals surface area contributed by atoms with Gasteiger partial charge in [0, 0.05) is 34.1 Å². The van der Waals surface area contributed by atoms with Crippen molar-refractivity contribution in [2.45, 2.75) is 6.61 Å². The second-order valence-electron chi connectivity index (χ2n) is 17.8. The molecule has 10 aromatic carbocycles. The van der Waals surface area contributed by atoms with Crippen LogP contribution < -0.4 is 14.5 Å². The molecule has 4 nitrogen and oxygen atoms in total. The van der Waals surface area contributed by atoms with Crippen LogP contribution in [-0.2, 0) is 6.61 Å².